The Morgan fingerprint density at radius 2 is 1.92 bits per heavy atom. The Bertz CT molecular complexity index is 591. The average Bonchev–Trinajstić information content (AvgIpc) is 2.60. The summed E-state index contributed by atoms with van der Waals surface area (Å²) in [6, 6.07) is 8.08. The molecule has 1 amide bonds. The molecule has 1 aliphatic heterocycles. The summed E-state index contributed by atoms with van der Waals surface area (Å²) in [5.41, 5.74) is 0.578. The van der Waals surface area contributed by atoms with Gasteiger partial charge in [-0.2, -0.15) is 0 Å². The Balaban J connectivity index is 1.86. The van der Waals surface area contributed by atoms with Crippen LogP contribution >= 0.6 is 11.8 Å². The van der Waals surface area contributed by atoms with Crippen molar-refractivity contribution in [2.24, 2.45) is 11.8 Å². The number of carbonyl (C=O) groups is 1. The smallest absolute Gasteiger partial charge is 0.410 e. The van der Waals surface area contributed by atoms with Crippen LogP contribution in [-0.4, -0.2) is 41.0 Å². The highest BCUT2D eigenvalue weighted by molar-refractivity contribution is 7.98. The summed E-state index contributed by atoms with van der Waals surface area (Å²) in [4.78, 5) is 15.1. The first-order chi connectivity index (χ1) is 12.2. The highest BCUT2D eigenvalue weighted by atomic mass is 32.2. The number of carbonyl (C=O) groups excluding carboxylic acids is 1. The van der Waals surface area contributed by atoms with E-state index in [1.165, 1.54) is 0 Å². The molecular weight excluding hydrogens is 346 g/mol. The molecule has 4 nitrogen and oxygen atoms in total. The van der Waals surface area contributed by atoms with Gasteiger partial charge in [0.1, 0.15) is 5.60 Å². The van der Waals surface area contributed by atoms with Gasteiger partial charge in [0, 0.05) is 18.0 Å². The van der Waals surface area contributed by atoms with E-state index in [-0.39, 0.29) is 6.09 Å². The summed E-state index contributed by atoms with van der Waals surface area (Å²) in [5, 5.41) is 10.7. The third kappa shape index (κ3) is 5.92. The lowest BCUT2D eigenvalue weighted by atomic mass is 9.81. The molecule has 0 spiro atoms. The molecule has 2 atom stereocenters. The zero-order valence-electron chi connectivity index (χ0n) is 16.7. The predicted molar refractivity (Wildman–Crippen MR) is 107 cm³/mol. The molecule has 0 radical (unpaired) electrons. The largest absolute Gasteiger partial charge is 0.444 e. The molecule has 0 aliphatic carbocycles. The number of benzene rings is 1. The number of ether oxygens (including phenoxy) is 1. The molecule has 0 saturated carbocycles. The van der Waals surface area contributed by atoms with E-state index in [4.69, 9.17) is 4.74 Å². The van der Waals surface area contributed by atoms with Crippen LogP contribution in [0.15, 0.2) is 29.2 Å². The standard InChI is InChI=1S/C21H33NO3S/c1-15(14-18(23)17-8-6-7-9-19(17)26-5)16-10-12-22(13-11-16)20(24)25-21(2,3)4/h6-9,15-16,18,23H,10-14H2,1-5H3. The Labute approximate surface area is 162 Å². The van der Waals surface area contributed by atoms with Gasteiger partial charge in [-0.25, -0.2) is 4.79 Å². The van der Waals surface area contributed by atoms with Crippen LogP contribution < -0.4 is 0 Å². The second kappa shape index (κ2) is 9.14. The Kier molecular flexibility index (Phi) is 7.42. The lowest BCUT2D eigenvalue weighted by Gasteiger charge is -2.36. The molecule has 1 saturated heterocycles. The normalized spacial score (nSPS) is 18.5. The van der Waals surface area contributed by atoms with Crippen molar-refractivity contribution in [1.29, 1.82) is 0 Å². The van der Waals surface area contributed by atoms with Crippen LogP contribution in [0.5, 0.6) is 0 Å². The van der Waals surface area contributed by atoms with Gasteiger partial charge in [0.15, 0.2) is 0 Å². The number of aliphatic hydroxyl groups is 1. The Morgan fingerprint density at radius 3 is 2.50 bits per heavy atom. The molecule has 2 unspecified atom stereocenters. The predicted octanol–water partition coefficient (Wildman–Crippen LogP) is 5.12. The van der Waals surface area contributed by atoms with Crippen molar-refractivity contribution in [2.75, 3.05) is 19.3 Å². The first-order valence-corrected chi connectivity index (χ1v) is 10.7. The molecule has 1 aliphatic rings. The number of likely N-dealkylation sites (tertiary alicyclic amines) is 1. The van der Waals surface area contributed by atoms with Gasteiger partial charge in [-0.15, -0.1) is 11.8 Å². The maximum Gasteiger partial charge on any atom is 0.410 e. The van der Waals surface area contributed by atoms with Crippen LogP contribution in [0.4, 0.5) is 4.79 Å². The van der Waals surface area contributed by atoms with Crippen molar-refractivity contribution in [1.82, 2.24) is 4.90 Å². The molecule has 146 valence electrons. The van der Waals surface area contributed by atoms with Crippen molar-refractivity contribution >= 4 is 17.9 Å². The van der Waals surface area contributed by atoms with Crippen LogP contribution in [0.1, 0.15) is 58.6 Å². The first kappa shape index (κ1) is 21.1. The third-order valence-corrected chi connectivity index (χ3v) is 5.90. The molecule has 1 fully saturated rings. The third-order valence-electron chi connectivity index (χ3n) is 5.09. The minimum atomic E-state index is -0.448. The average molecular weight is 380 g/mol. The highest BCUT2D eigenvalue weighted by Gasteiger charge is 2.30. The lowest BCUT2D eigenvalue weighted by Crippen LogP contribution is -2.42. The second-order valence-electron chi connectivity index (χ2n) is 8.28. The Hall–Kier alpha value is -1.20. The zero-order chi connectivity index (χ0) is 19.3. The van der Waals surface area contributed by atoms with Crippen molar-refractivity contribution < 1.29 is 14.6 Å². The SMILES string of the molecule is CSc1ccccc1C(O)CC(C)C1CCN(C(=O)OC(C)(C)C)CC1. The highest BCUT2D eigenvalue weighted by Crippen LogP contribution is 2.34. The molecule has 26 heavy (non-hydrogen) atoms. The number of hydrogen-bond acceptors (Lipinski definition) is 4. The lowest BCUT2D eigenvalue weighted by molar-refractivity contribution is 0.0145. The maximum atomic E-state index is 12.2. The summed E-state index contributed by atoms with van der Waals surface area (Å²) in [7, 11) is 0. The molecule has 2 rings (SSSR count). The van der Waals surface area contributed by atoms with Gasteiger partial charge in [0.25, 0.3) is 0 Å². The van der Waals surface area contributed by atoms with Crippen LogP contribution in [0.3, 0.4) is 0 Å². The topological polar surface area (TPSA) is 49.8 Å². The summed E-state index contributed by atoms with van der Waals surface area (Å²) >= 11 is 1.68. The molecule has 1 heterocycles. The molecule has 1 N–H and O–H groups in total. The van der Waals surface area contributed by atoms with E-state index in [2.05, 4.69) is 13.0 Å². The van der Waals surface area contributed by atoms with E-state index in [9.17, 15) is 9.90 Å². The molecule has 0 bridgehead atoms. The second-order valence-corrected chi connectivity index (χ2v) is 9.12. The number of piperidine rings is 1. The van der Waals surface area contributed by atoms with Gasteiger partial charge in [0.2, 0.25) is 0 Å². The molecule has 1 aromatic rings. The summed E-state index contributed by atoms with van der Waals surface area (Å²) in [6.07, 6.45) is 4.10. The van der Waals surface area contributed by atoms with Gasteiger partial charge in [-0.1, -0.05) is 25.1 Å². The number of nitrogens with zero attached hydrogens (tertiary/aromatic N) is 1. The summed E-state index contributed by atoms with van der Waals surface area (Å²) in [6.45, 7) is 9.39. The van der Waals surface area contributed by atoms with Gasteiger partial charge < -0.3 is 14.7 Å². The number of aliphatic hydroxyl groups excluding tert-OH is 1. The van der Waals surface area contributed by atoms with E-state index < -0.39 is 11.7 Å². The van der Waals surface area contributed by atoms with Gasteiger partial charge in [-0.3, -0.25) is 0 Å². The zero-order valence-corrected chi connectivity index (χ0v) is 17.5. The van der Waals surface area contributed by atoms with Gasteiger partial charge in [-0.05, 0) is 69.8 Å². The monoisotopic (exact) mass is 379 g/mol. The van der Waals surface area contributed by atoms with Crippen molar-refractivity contribution in [3.8, 4) is 0 Å². The van der Waals surface area contributed by atoms with Crippen LogP contribution in [0.2, 0.25) is 0 Å². The maximum absolute atomic E-state index is 12.2. The first-order valence-electron chi connectivity index (χ1n) is 9.50. The quantitative estimate of drug-likeness (QED) is 0.722. The van der Waals surface area contributed by atoms with E-state index in [0.717, 1.165) is 42.8 Å². The van der Waals surface area contributed by atoms with Gasteiger partial charge >= 0.3 is 6.09 Å². The van der Waals surface area contributed by atoms with Crippen molar-refractivity contribution in [3.63, 3.8) is 0 Å². The Morgan fingerprint density at radius 1 is 1.31 bits per heavy atom. The minimum absolute atomic E-state index is 0.211. The van der Waals surface area contributed by atoms with Crippen molar-refractivity contribution in [3.05, 3.63) is 29.8 Å². The fourth-order valence-electron chi connectivity index (χ4n) is 3.59. The van der Waals surface area contributed by atoms with E-state index in [1.54, 1.807) is 11.8 Å². The van der Waals surface area contributed by atoms with Crippen LogP contribution in [0, 0.1) is 11.8 Å². The van der Waals surface area contributed by atoms with Gasteiger partial charge in [0.05, 0.1) is 6.10 Å². The summed E-state index contributed by atoms with van der Waals surface area (Å²) < 4.78 is 5.47. The fourth-order valence-corrected chi connectivity index (χ4v) is 4.25. The number of amides is 1. The number of hydrogen-bond donors (Lipinski definition) is 1. The minimum Gasteiger partial charge on any atom is -0.444 e. The van der Waals surface area contributed by atoms with Crippen LogP contribution in [0.25, 0.3) is 0 Å². The van der Waals surface area contributed by atoms with E-state index in [0.29, 0.717) is 11.8 Å². The van der Waals surface area contributed by atoms with Crippen molar-refractivity contribution in [2.45, 2.75) is 63.6 Å². The number of thioether (sulfide) groups is 1. The van der Waals surface area contributed by atoms with Crippen LogP contribution in [-0.2, 0) is 4.74 Å². The molecular formula is C21H33NO3S. The fraction of sp³-hybridized carbons (Fsp3) is 0.667. The van der Waals surface area contributed by atoms with E-state index >= 15 is 0 Å². The summed E-state index contributed by atoms with van der Waals surface area (Å²) in [5.74, 6) is 0.950. The number of rotatable bonds is 5. The molecule has 5 heteroatoms. The molecule has 1 aromatic carbocycles. The molecule has 0 aromatic heterocycles. The van der Waals surface area contributed by atoms with E-state index in [1.807, 2.05) is 50.1 Å².